The summed E-state index contributed by atoms with van der Waals surface area (Å²) >= 11 is 0. The monoisotopic (exact) mass is 455 g/mol. The van der Waals surface area contributed by atoms with Crippen molar-refractivity contribution in [1.29, 1.82) is 0 Å². The first kappa shape index (κ1) is 21.1. The molecular formula is C24H21N7O3. The van der Waals surface area contributed by atoms with Gasteiger partial charge in [-0.1, -0.05) is 0 Å². The molecular weight excluding hydrogens is 434 g/mol. The lowest BCUT2D eigenvalue weighted by atomic mass is 10.2. The molecule has 2 aromatic carbocycles. The van der Waals surface area contributed by atoms with E-state index in [4.69, 9.17) is 4.74 Å². The number of carbonyl (C=O) groups is 2. The van der Waals surface area contributed by atoms with Crippen molar-refractivity contribution >= 4 is 51.8 Å². The summed E-state index contributed by atoms with van der Waals surface area (Å²) in [5.41, 5.74) is 3.54. The van der Waals surface area contributed by atoms with Crippen LogP contribution in [-0.2, 0) is 4.79 Å². The van der Waals surface area contributed by atoms with Crippen LogP contribution in [0.3, 0.4) is 0 Å². The maximum Gasteiger partial charge on any atom is 0.229 e. The zero-order valence-electron chi connectivity index (χ0n) is 18.3. The minimum absolute atomic E-state index is 0.162. The van der Waals surface area contributed by atoms with Crippen molar-refractivity contribution < 1.29 is 14.3 Å². The molecule has 1 aliphatic rings. The number of hydrogen-bond acceptors (Lipinski definition) is 9. The largest absolute Gasteiger partial charge is 0.490 e. The molecule has 10 nitrogen and oxygen atoms in total. The predicted octanol–water partition coefficient (Wildman–Crippen LogP) is 3.95. The number of carbonyl (C=O) groups excluding carboxylic acids is 2. The number of ketones is 1. The second-order valence-electron chi connectivity index (χ2n) is 7.64. The highest BCUT2D eigenvalue weighted by atomic mass is 16.5. The molecule has 0 saturated carbocycles. The van der Waals surface area contributed by atoms with Gasteiger partial charge in [-0.15, -0.1) is 0 Å². The van der Waals surface area contributed by atoms with Gasteiger partial charge >= 0.3 is 0 Å². The van der Waals surface area contributed by atoms with Crippen LogP contribution in [0.2, 0.25) is 0 Å². The number of aldehydes is 1. The van der Waals surface area contributed by atoms with Crippen molar-refractivity contribution in [2.75, 3.05) is 28.7 Å². The average molecular weight is 455 g/mol. The third-order valence-electron chi connectivity index (χ3n) is 5.33. The third kappa shape index (κ3) is 4.29. The average Bonchev–Trinajstić information content (AvgIpc) is 3.31. The molecule has 0 aliphatic carbocycles. The Balaban J connectivity index is 1.45. The first-order valence-corrected chi connectivity index (χ1v) is 10.6. The molecule has 0 radical (unpaired) electrons. The Morgan fingerprint density at radius 2 is 2.00 bits per heavy atom. The number of fused-ring (bicyclic) bond motifs is 2. The molecule has 0 bridgehead atoms. The van der Waals surface area contributed by atoms with E-state index in [9.17, 15) is 9.59 Å². The molecule has 10 heteroatoms. The van der Waals surface area contributed by atoms with Gasteiger partial charge in [-0.3, -0.25) is 14.7 Å². The number of rotatable bonds is 7. The zero-order valence-corrected chi connectivity index (χ0v) is 18.3. The van der Waals surface area contributed by atoms with Gasteiger partial charge in [0.05, 0.1) is 29.5 Å². The van der Waals surface area contributed by atoms with Gasteiger partial charge in [-0.25, -0.2) is 4.98 Å². The van der Waals surface area contributed by atoms with Crippen molar-refractivity contribution in [3.05, 3.63) is 66.6 Å². The summed E-state index contributed by atoms with van der Waals surface area (Å²) in [7, 11) is 0. The third-order valence-corrected chi connectivity index (χ3v) is 5.33. The summed E-state index contributed by atoms with van der Waals surface area (Å²) in [5, 5.41) is 14.3. The normalized spacial score (nSPS) is 12.9. The summed E-state index contributed by atoms with van der Waals surface area (Å²) in [6.45, 7) is 2.60. The highest BCUT2D eigenvalue weighted by molar-refractivity contribution is 5.99. The van der Waals surface area contributed by atoms with Crippen LogP contribution in [0.15, 0.2) is 61.1 Å². The van der Waals surface area contributed by atoms with E-state index in [0.29, 0.717) is 41.9 Å². The number of benzene rings is 2. The second-order valence-corrected chi connectivity index (χ2v) is 7.64. The molecule has 34 heavy (non-hydrogen) atoms. The van der Waals surface area contributed by atoms with Crippen LogP contribution in [0.25, 0.3) is 10.9 Å². The zero-order chi connectivity index (χ0) is 23.5. The first-order valence-electron chi connectivity index (χ1n) is 10.6. The van der Waals surface area contributed by atoms with Crippen LogP contribution in [0, 0.1) is 0 Å². The molecule has 0 saturated heterocycles. The van der Waals surface area contributed by atoms with Gasteiger partial charge in [0.2, 0.25) is 5.95 Å². The number of Topliss-reactive ketones (excluding diaryl/α,β-unsaturated/α-hetero) is 1. The Kier molecular flexibility index (Phi) is 5.61. The topological polar surface area (TPSA) is 125 Å². The van der Waals surface area contributed by atoms with Crippen molar-refractivity contribution in [3.63, 3.8) is 0 Å². The lowest BCUT2D eigenvalue weighted by molar-refractivity contribution is -0.104. The fourth-order valence-electron chi connectivity index (χ4n) is 3.69. The molecule has 0 unspecified atom stereocenters. The quantitative estimate of drug-likeness (QED) is 0.216. The molecule has 2 aromatic heterocycles. The maximum atomic E-state index is 12.2. The molecule has 1 aliphatic heterocycles. The summed E-state index contributed by atoms with van der Waals surface area (Å²) in [6.07, 6.45) is 7.12. The Bertz CT molecular complexity index is 1410. The SMILES string of the molecule is CC(=O)c1cnc(Nc2ccc3cn[nH]c3c2)nc1Nc1ccc2c(c1)N(C=CC=O)CCO2. The number of ether oxygens (including phenoxy) is 1. The number of aromatic nitrogens is 4. The minimum Gasteiger partial charge on any atom is -0.490 e. The molecule has 0 fully saturated rings. The van der Waals surface area contributed by atoms with Gasteiger partial charge in [0.15, 0.2) is 5.78 Å². The number of allylic oxidation sites excluding steroid dienone is 1. The molecule has 4 aromatic rings. The fourth-order valence-corrected chi connectivity index (χ4v) is 3.69. The van der Waals surface area contributed by atoms with Gasteiger partial charge < -0.3 is 20.3 Å². The predicted molar refractivity (Wildman–Crippen MR) is 129 cm³/mol. The van der Waals surface area contributed by atoms with E-state index in [2.05, 4.69) is 30.8 Å². The smallest absolute Gasteiger partial charge is 0.229 e. The van der Waals surface area contributed by atoms with Crippen LogP contribution < -0.4 is 20.3 Å². The van der Waals surface area contributed by atoms with E-state index in [1.807, 2.05) is 41.3 Å². The van der Waals surface area contributed by atoms with E-state index in [1.165, 1.54) is 19.2 Å². The molecule has 0 spiro atoms. The number of nitrogens with one attached hydrogen (secondary N) is 3. The molecule has 5 rings (SSSR count). The Morgan fingerprint density at radius 1 is 1.15 bits per heavy atom. The van der Waals surface area contributed by atoms with Crippen molar-refractivity contribution in [1.82, 2.24) is 20.2 Å². The molecule has 170 valence electrons. The fraction of sp³-hybridized carbons (Fsp3) is 0.125. The van der Waals surface area contributed by atoms with Gasteiger partial charge in [-0.2, -0.15) is 10.1 Å². The van der Waals surface area contributed by atoms with E-state index in [1.54, 1.807) is 12.4 Å². The van der Waals surface area contributed by atoms with E-state index < -0.39 is 0 Å². The lowest BCUT2D eigenvalue weighted by Crippen LogP contribution is -2.28. The van der Waals surface area contributed by atoms with Crippen LogP contribution in [0.1, 0.15) is 17.3 Å². The standard InChI is InChI=1S/C24H21N7O3/c1-15(33)19-14-25-24(28-17-4-3-16-13-26-30-20(16)11-17)29-23(19)27-18-5-6-22-21(12-18)31(7-2-9-32)8-10-34-22/h2-7,9,11-14H,8,10H2,1H3,(H,26,30)(H2,25,27,28,29). The van der Waals surface area contributed by atoms with Crippen LogP contribution in [0.5, 0.6) is 5.75 Å². The van der Waals surface area contributed by atoms with Crippen molar-refractivity contribution in [2.24, 2.45) is 0 Å². The van der Waals surface area contributed by atoms with Gasteiger partial charge in [-0.05, 0) is 49.4 Å². The number of nitrogens with zero attached hydrogens (tertiary/aromatic N) is 4. The summed E-state index contributed by atoms with van der Waals surface area (Å²) in [5.74, 6) is 1.26. The van der Waals surface area contributed by atoms with Crippen LogP contribution in [-0.4, -0.2) is 45.4 Å². The molecule has 3 N–H and O–H groups in total. The first-order chi connectivity index (χ1) is 16.6. The lowest BCUT2D eigenvalue weighted by Gasteiger charge is -2.28. The van der Waals surface area contributed by atoms with Gasteiger partial charge in [0.1, 0.15) is 24.5 Å². The molecule has 3 heterocycles. The van der Waals surface area contributed by atoms with Crippen molar-refractivity contribution in [3.8, 4) is 5.75 Å². The Hall–Kier alpha value is -4.73. The molecule has 0 atom stereocenters. The maximum absolute atomic E-state index is 12.2. The number of aromatic amines is 1. The Labute approximate surface area is 194 Å². The van der Waals surface area contributed by atoms with Gasteiger partial charge in [0, 0.05) is 29.2 Å². The molecule has 0 amide bonds. The Morgan fingerprint density at radius 3 is 2.85 bits per heavy atom. The van der Waals surface area contributed by atoms with Crippen molar-refractivity contribution in [2.45, 2.75) is 6.92 Å². The van der Waals surface area contributed by atoms with E-state index in [0.717, 1.165) is 28.6 Å². The highest BCUT2D eigenvalue weighted by Crippen LogP contribution is 2.35. The van der Waals surface area contributed by atoms with Crippen LogP contribution in [0.4, 0.5) is 28.8 Å². The highest BCUT2D eigenvalue weighted by Gasteiger charge is 2.18. The van der Waals surface area contributed by atoms with Crippen LogP contribution >= 0.6 is 0 Å². The number of H-pyrrole nitrogens is 1. The summed E-state index contributed by atoms with van der Waals surface area (Å²) in [6, 6.07) is 11.3. The summed E-state index contributed by atoms with van der Waals surface area (Å²) < 4.78 is 5.72. The van der Waals surface area contributed by atoms with E-state index >= 15 is 0 Å². The number of hydrogen-bond donors (Lipinski definition) is 3. The van der Waals surface area contributed by atoms with E-state index in [-0.39, 0.29) is 5.78 Å². The minimum atomic E-state index is -0.162. The number of anilines is 5. The second kappa shape index (κ2) is 9.02. The van der Waals surface area contributed by atoms with Gasteiger partial charge in [0.25, 0.3) is 0 Å². The summed E-state index contributed by atoms with van der Waals surface area (Å²) in [4.78, 5) is 33.8.